The van der Waals surface area contributed by atoms with Crippen LogP contribution in [-0.4, -0.2) is 24.9 Å². The summed E-state index contributed by atoms with van der Waals surface area (Å²) in [7, 11) is 0. The highest BCUT2D eigenvalue weighted by atomic mass is 16.5. The number of anilines is 1. The van der Waals surface area contributed by atoms with E-state index in [4.69, 9.17) is 9.47 Å². The minimum absolute atomic E-state index is 0.106. The van der Waals surface area contributed by atoms with E-state index >= 15 is 0 Å². The summed E-state index contributed by atoms with van der Waals surface area (Å²) in [6.45, 7) is 2.00. The Bertz CT molecular complexity index is 984. The lowest BCUT2D eigenvalue weighted by Gasteiger charge is -2.13. The number of rotatable bonds is 11. The van der Waals surface area contributed by atoms with Gasteiger partial charge in [-0.05, 0) is 48.7 Å². The fourth-order valence-electron chi connectivity index (χ4n) is 3.03. The van der Waals surface area contributed by atoms with Crippen LogP contribution in [0, 0.1) is 0 Å². The second-order valence-corrected chi connectivity index (χ2v) is 7.26. The lowest BCUT2D eigenvalue weighted by atomic mass is 10.1. The van der Waals surface area contributed by atoms with Gasteiger partial charge < -0.3 is 19.6 Å². The standard InChI is InChI=1S/C26H27NO4/c1-20(28)11-12-22-13-15-23(16-14-22)31-19-26(29)27-24-9-5-6-10-25(24)30-18-17-21-7-3-2-4-8-21/h2-10,13-16H,11-12,17-19H2,1H3,(H,27,29). The summed E-state index contributed by atoms with van der Waals surface area (Å²) in [4.78, 5) is 23.4. The van der Waals surface area contributed by atoms with E-state index in [2.05, 4.69) is 17.4 Å². The predicted molar refractivity (Wildman–Crippen MR) is 122 cm³/mol. The molecular weight excluding hydrogens is 390 g/mol. The first-order valence-electron chi connectivity index (χ1n) is 10.4. The van der Waals surface area contributed by atoms with E-state index in [1.165, 1.54) is 5.56 Å². The van der Waals surface area contributed by atoms with E-state index in [0.717, 1.165) is 12.0 Å². The first kappa shape index (κ1) is 22.1. The predicted octanol–water partition coefficient (Wildman–Crippen LogP) is 4.85. The van der Waals surface area contributed by atoms with Crippen molar-refractivity contribution >= 4 is 17.4 Å². The van der Waals surface area contributed by atoms with E-state index in [9.17, 15) is 9.59 Å². The van der Waals surface area contributed by atoms with Crippen molar-refractivity contribution in [3.63, 3.8) is 0 Å². The minimum atomic E-state index is -0.264. The Morgan fingerprint density at radius 2 is 1.45 bits per heavy atom. The average molecular weight is 418 g/mol. The highest BCUT2D eigenvalue weighted by Gasteiger charge is 2.09. The van der Waals surface area contributed by atoms with E-state index in [-0.39, 0.29) is 18.3 Å². The maximum absolute atomic E-state index is 12.3. The van der Waals surface area contributed by atoms with Gasteiger partial charge in [0.25, 0.3) is 5.91 Å². The second kappa shape index (κ2) is 11.6. The van der Waals surface area contributed by atoms with Crippen molar-refractivity contribution in [1.29, 1.82) is 0 Å². The molecule has 3 aromatic rings. The molecule has 160 valence electrons. The van der Waals surface area contributed by atoms with Gasteiger partial charge in [0, 0.05) is 12.8 Å². The Morgan fingerprint density at radius 1 is 0.774 bits per heavy atom. The van der Waals surface area contributed by atoms with E-state index in [1.54, 1.807) is 13.0 Å². The van der Waals surface area contributed by atoms with Gasteiger partial charge in [0.05, 0.1) is 12.3 Å². The number of Topliss-reactive ketones (excluding diaryl/α,β-unsaturated/α-hetero) is 1. The molecule has 3 rings (SSSR count). The third kappa shape index (κ3) is 7.63. The van der Waals surface area contributed by atoms with Crippen molar-refractivity contribution in [3.8, 4) is 11.5 Å². The maximum atomic E-state index is 12.3. The Labute approximate surface area is 183 Å². The topological polar surface area (TPSA) is 64.6 Å². The van der Waals surface area contributed by atoms with E-state index < -0.39 is 0 Å². The van der Waals surface area contributed by atoms with Gasteiger partial charge >= 0.3 is 0 Å². The molecule has 0 atom stereocenters. The quantitative estimate of drug-likeness (QED) is 0.485. The molecule has 0 spiro atoms. The zero-order valence-electron chi connectivity index (χ0n) is 17.7. The fraction of sp³-hybridized carbons (Fsp3) is 0.231. The summed E-state index contributed by atoms with van der Waals surface area (Å²) in [6.07, 6.45) is 2.02. The summed E-state index contributed by atoms with van der Waals surface area (Å²) >= 11 is 0. The molecule has 0 bridgehead atoms. The first-order valence-corrected chi connectivity index (χ1v) is 10.4. The number of hydrogen-bond acceptors (Lipinski definition) is 4. The summed E-state index contributed by atoms with van der Waals surface area (Å²) in [5.41, 5.74) is 2.88. The molecule has 0 unspecified atom stereocenters. The number of nitrogens with one attached hydrogen (secondary N) is 1. The summed E-state index contributed by atoms with van der Waals surface area (Å²) in [6, 6.07) is 24.9. The van der Waals surface area contributed by atoms with Crippen molar-refractivity contribution in [2.24, 2.45) is 0 Å². The largest absolute Gasteiger partial charge is 0.491 e. The zero-order valence-corrected chi connectivity index (χ0v) is 17.7. The van der Waals surface area contributed by atoms with Crippen LogP contribution in [0.4, 0.5) is 5.69 Å². The molecule has 0 fully saturated rings. The highest BCUT2D eigenvalue weighted by molar-refractivity contribution is 5.93. The van der Waals surface area contributed by atoms with Gasteiger partial charge in [-0.25, -0.2) is 0 Å². The molecule has 0 aromatic heterocycles. The molecule has 0 aliphatic carbocycles. The Morgan fingerprint density at radius 3 is 2.19 bits per heavy atom. The summed E-state index contributed by atoms with van der Waals surface area (Å²) in [5, 5.41) is 2.85. The third-order valence-electron chi connectivity index (χ3n) is 4.71. The molecular formula is C26H27NO4. The highest BCUT2D eigenvalue weighted by Crippen LogP contribution is 2.24. The van der Waals surface area contributed by atoms with Gasteiger partial charge in [0.1, 0.15) is 17.3 Å². The van der Waals surface area contributed by atoms with E-state index in [1.807, 2.05) is 60.7 Å². The number of benzene rings is 3. The smallest absolute Gasteiger partial charge is 0.262 e. The molecule has 31 heavy (non-hydrogen) atoms. The maximum Gasteiger partial charge on any atom is 0.262 e. The Hall–Kier alpha value is -3.60. The van der Waals surface area contributed by atoms with Gasteiger partial charge in [-0.15, -0.1) is 0 Å². The van der Waals surface area contributed by atoms with Gasteiger partial charge in [-0.2, -0.15) is 0 Å². The molecule has 0 aliphatic heterocycles. The van der Waals surface area contributed by atoms with Gasteiger partial charge in [0.2, 0.25) is 0 Å². The minimum Gasteiger partial charge on any atom is -0.491 e. The first-order chi connectivity index (χ1) is 15.1. The number of ketones is 1. The molecule has 0 heterocycles. The van der Waals surface area contributed by atoms with Crippen molar-refractivity contribution in [1.82, 2.24) is 0 Å². The lowest BCUT2D eigenvalue weighted by Crippen LogP contribution is -2.20. The van der Waals surface area contributed by atoms with Gasteiger partial charge in [0.15, 0.2) is 6.61 Å². The van der Waals surface area contributed by atoms with Crippen molar-refractivity contribution in [2.45, 2.75) is 26.2 Å². The van der Waals surface area contributed by atoms with Crippen molar-refractivity contribution < 1.29 is 19.1 Å². The molecule has 1 N–H and O–H groups in total. The third-order valence-corrected chi connectivity index (χ3v) is 4.71. The normalized spacial score (nSPS) is 10.4. The number of carbonyl (C=O) groups is 2. The average Bonchev–Trinajstić information content (AvgIpc) is 2.79. The lowest BCUT2D eigenvalue weighted by molar-refractivity contribution is -0.118. The van der Waals surface area contributed by atoms with Crippen LogP contribution in [0.1, 0.15) is 24.5 Å². The molecule has 1 amide bonds. The number of hydrogen-bond donors (Lipinski definition) is 1. The van der Waals surface area contributed by atoms with Crippen LogP contribution in [0.5, 0.6) is 11.5 Å². The SMILES string of the molecule is CC(=O)CCc1ccc(OCC(=O)Nc2ccccc2OCCc2ccccc2)cc1. The van der Waals surface area contributed by atoms with Crippen LogP contribution in [0.3, 0.4) is 0 Å². The molecule has 0 saturated carbocycles. The molecule has 0 aliphatic rings. The van der Waals surface area contributed by atoms with Crippen LogP contribution >= 0.6 is 0 Å². The Balaban J connectivity index is 1.47. The molecule has 3 aromatic carbocycles. The number of para-hydroxylation sites is 2. The fourth-order valence-corrected chi connectivity index (χ4v) is 3.03. The van der Waals surface area contributed by atoms with Crippen LogP contribution in [0.15, 0.2) is 78.9 Å². The van der Waals surface area contributed by atoms with Gasteiger partial charge in [-0.1, -0.05) is 54.6 Å². The van der Waals surface area contributed by atoms with Crippen LogP contribution in [0.2, 0.25) is 0 Å². The summed E-state index contributed by atoms with van der Waals surface area (Å²) < 4.78 is 11.5. The monoisotopic (exact) mass is 417 g/mol. The molecule has 5 heteroatoms. The van der Waals surface area contributed by atoms with Crippen molar-refractivity contribution in [2.75, 3.05) is 18.5 Å². The number of aryl methyl sites for hydroxylation is 1. The zero-order chi connectivity index (χ0) is 21.9. The molecule has 5 nitrogen and oxygen atoms in total. The number of ether oxygens (including phenoxy) is 2. The number of amides is 1. The second-order valence-electron chi connectivity index (χ2n) is 7.26. The number of carbonyl (C=O) groups excluding carboxylic acids is 2. The van der Waals surface area contributed by atoms with E-state index in [0.29, 0.717) is 36.6 Å². The van der Waals surface area contributed by atoms with Crippen LogP contribution in [-0.2, 0) is 22.4 Å². The van der Waals surface area contributed by atoms with Crippen LogP contribution < -0.4 is 14.8 Å². The summed E-state index contributed by atoms with van der Waals surface area (Å²) in [5.74, 6) is 1.14. The van der Waals surface area contributed by atoms with Crippen molar-refractivity contribution in [3.05, 3.63) is 90.0 Å². The molecule has 0 saturated heterocycles. The van der Waals surface area contributed by atoms with Gasteiger partial charge in [-0.3, -0.25) is 4.79 Å². The molecule has 0 radical (unpaired) electrons. The van der Waals surface area contributed by atoms with Crippen LogP contribution in [0.25, 0.3) is 0 Å². The Kier molecular flexibility index (Phi) is 8.23.